The van der Waals surface area contributed by atoms with E-state index in [4.69, 9.17) is 16.7 Å². The van der Waals surface area contributed by atoms with Gasteiger partial charge in [-0.3, -0.25) is 4.79 Å². The molecular formula is C10H10ClNO2S. The van der Waals surface area contributed by atoms with Gasteiger partial charge < -0.3 is 10.4 Å². The van der Waals surface area contributed by atoms with Crippen molar-refractivity contribution in [1.82, 2.24) is 0 Å². The second-order valence-electron chi connectivity index (χ2n) is 3.25. The summed E-state index contributed by atoms with van der Waals surface area (Å²) in [6, 6.07) is 5.36. The van der Waals surface area contributed by atoms with E-state index < -0.39 is 0 Å². The predicted molar refractivity (Wildman–Crippen MR) is 61.4 cm³/mol. The first-order valence-electron chi connectivity index (χ1n) is 4.58. The normalized spacial score (nSPS) is 19.6. The van der Waals surface area contributed by atoms with Crippen LogP contribution in [0.2, 0.25) is 5.02 Å². The Kier molecular flexibility index (Phi) is 3.19. The van der Waals surface area contributed by atoms with E-state index in [1.54, 1.807) is 12.1 Å². The topological polar surface area (TPSA) is 49.3 Å². The number of benzene rings is 1. The van der Waals surface area contributed by atoms with E-state index in [0.717, 1.165) is 10.6 Å². The van der Waals surface area contributed by atoms with Crippen LogP contribution in [0.15, 0.2) is 23.1 Å². The molecule has 1 amide bonds. The number of thioether (sulfide) groups is 1. The highest BCUT2D eigenvalue weighted by molar-refractivity contribution is 8.01. The van der Waals surface area contributed by atoms with Gasteiger partial charge in [0.05, 0.1) is 10.9 Å². The molecule has 1 unspecified atom stereocenters. The molecule has 0 aromatic heterocycles. The standard InChI is InChI=1S/C10H10ClNO2S/c11-6-1-2-7-9(5-6)15-8(3-4-13)10(14)12-7/h1-2,5,8,13H,3-4H2,(H,12,14). The lowest BCUT2D eigenvalue weighted by Gasteiger charge is -2.23. The van der Waals surface area contributed by atoms with Crippen LogP contribution in [-0.2, 0) is 4.79 Å². The van der Waals surface area contributed by atoms with E-state index in [2.05, 4.69) is 5.32 Å². The van der Waals surface area contributed by atoms with Crippen LogP contribution in [-0.4, -0.2) is 22.9 Å². The van der Waals surface area contributed by atoms with Crippen molar-refractivity contribution in [2.75, 3.05) is 11.9 Å². The summed E-state index contributed by atoms with van der Waals surface area (Å²) in [6.07, 6.45) is 0.461. The molecule has 0 saturated heterocycles. The molecule has 80 valence electrons. The van der Waals surface area contributed by atoms with Crippen LogP contribution >= 0.6 is 23.4 Å². The fourth-order valence-corrected chi connectivity index (χ4v) is 2.80. The van der Waals surface area contributed by atoms with Crippen LogP contribution in [0.4, 0.5) is 5.69 Å². The molecule has 1 aromatic carbocycles. The van der Waals surface area contributed by atoms with Gasteiger partial charge in [0.25, 0.3) is 0 Å². The highest BCUT2D eigenvalue weighted by Gasteiger charge is 2.26. The summed E-state index contributed by atoms with van der Waals surface area (Å²) in [4.78, 5) is 12.5. The van der Waals surface area contributed by atoms with Crippen LogP contribution in [0.3, 0.4) is 0 Å². The van der Waals surface area contributed by atoms with Crippen molar-refractivity contribution in [3.63, 3.8) is 0 Å². The molecule has 0 saturated carbocycles. The second-order valence-corrected chi connectivity index (χ2v) is 4.93. The number of hydrogen-bond acceptors (Lipinski definition) is 3. The number of fused-ring (bicyclic) bond motifs is 1. The van der Waals surface area contributed by atoms with Gasteiger partial charge in [-0.1, -0.05) is 11.6 Å². The van der Waals surface area contributed by atoms with Gasteiger partial charge in [-0.05, 0) is 24.6 Å². The summed E-state index contributed by atoms with van der Waals surface area (Å²) >= 11 is 7.31. The van der Waals surface area contributed by atoms with Gasteiger partial charge in [0.15, 0.2) is 0 Å². The number of aliphatic hydroxyl groups excluding tert-OH is 1. The van der Waals surface area contributed by atoms with Crippen LogP contribution in [0, 0.1) is 0 Å². The highest BCUT2D eigenvalue weighted by Crippen LogP contribution is 2.38. The van der Waals surface area contributed by atoms with E-state index in [1.165, 1.54) is 11.8 Å². The van der Waals surface area contributed by atoms with Gasteiger partial charge >= 0.3 is 0 Å². The average Bonchev–Trinajstić information content (AvgIpc) is 2.20. The first-order valence-corrected chi connectivity index (χ1v) is 5.84. The van der Waals surface area contributed by atoms with Crippen LogP contribution in [0.5, 0.6) is 0 Å². The minimum absolute atomic E-state index is 0.0149. The lowest BCUT2D eigenvalue weighted by atomic mass is 10.2. The lowest BCUT2D eigenvalue weighted by molar-refractivity contribution is -0.116. The summed E-state index contributed by atoms with van der Waals surface area (Å²) in [5.74, 6) is -0.0520. The molecule has 3 nitrogen and oxygen atoms in total. The zero-order valence-electron chi connectivity index (χ0n) is 7.87. The first-order chi connectivity index (χ1) is 7.20. The summed E-state index contributed by atoms with van der Waals surface area (Å²) < 4.78 is 0. The molecule has 1 aliphatic heterocycles. The van der Waals surface area contributed by atoms with Gasteiger partial charge in [0.1, 0.15) is 0 Å². The highest BCUT2D eigenvalue weighted by atomic mass is 35.5. The minimum atomic E-state index is -0.221. The molecule has 2 rings (SSSR count). The molecule has 0 bridgehead atoms. The molecule has 0 spiro atoms. The summed E-state index contributed by atoms with van der Waals surface area (Å²) in [7, 11) is 0. The first kappa shape index (κ1) is 10.8. The number of aliphatic hydroxyl groups is 1. The Labute approximate surface area is 96.8 Å². The molecule has 1 aromatic rings. The van der Waals surface area contributed by atoms with Crippen molar-refractivity contribution in [3.05, 3.63) is 23.2 Å². The van der Waals surface area contributed by atoms with Gasteiger partial charge in [-0.25, -0.2) is 0 Å². The molecule has 0 fully saturated rings. The summed E-state index contributed by atoms with van der Waals surface area (Å²) in [6.45, 7) is 0.0149. The van der Waals surface area contributed by atoms with Crippen LogP contribution in [0.25, 0.3) is 0 Å². The molecule has 1 aliphatic rings. The Balaban J connectivity index is 2.26. The third kappa shape index (κ3) is 2.27. The summed E-state index contributed by atoms with van der Waals surface area (Å²) in [5, 5.41) is 12.0. The molecule has 15 heavy (non-hydrogen) atoms. The number of rotatable bonds is 2. The van der Waals surface area contributed by atoms with E-state index in [-0.39, 0.29) is 17.8 Å². The Morgan fingerprint density at radius 2 is 2.33 bits per heavy atom. The van der Waals surface area contributed by atoms with E-state index in [0.29, 0.717) is 11.4 Å². The fraction of sp³-hybridized carbons (Fsp3) is 0.300. The van der Waals surface area contributed by atoms with Gasteiger partial charge in [0, 0.05) is 16.5 Å². The van der Waals surface area contributed by atoms with Crippen molar-refractivity contribution in [2.45, 2.75) is 16.6 Å². The summed E-state index contributed by atoms with van der Waals surface area (Å²) in [5.41, 5.74) is 0.795. The SMILES string of the molecule is O=C1Nc2ccc(Cl)cc2SC1CCO. The smallest absolute Gasteiger partial charge is 0.237 e. The van der Waals surface area contributed by atoms with Crippen molar-refractivity contribution in [2.24, 2.45) is 0 Å². The molecule has 1 heterocycles. The second kappa shape index (κ2) is 4.43. The molecule has 5 heteroatoms. The van der Waals surface area contributed by atoms with E-state index in [9.17, 15) is 4.79 Å². The quantitative estimate of drug-likeness (QED) is 0.837. The average molecular weight is 244 g/mol. The monoisotopic (exact) mass is 243 g/mol. The number of nitrogens with one attached hydrogen (secondary N) is 1. The number of halogens is 1. The van der Waals surface area contributed by atoms with Crippen molar-refractivity contribution in [1.29, 1.82) is 0 Å². The fourth-order valence-electron chi connectivity index (χ4n) is 1.42. The Hall–Kier alpha value is -0.710. The number of anilines is 1. The third-order valence-corrected chi connectivity index (χ3v) is 3.72. The number of carbonyl (C=O) groups excluding carboxylic acids is 1. The molecule has 0 radical (unpaired) electrons. The Bertz CT molecular complexity index is 397. The minimum Gasteiger partial charge on any atom is -0.396 e. The van der Waals surface area contributed by atoms with Gasteiger partial charge in [0.2, 0.25) is 5.91 Å². The van der Waals surface area contributed by atoms with E-state index in [1.807, 2.05) is 6.07 Å². The molecule has 0 aliphatic carbocycles. The predicted octanol–water partition coefficient (Wildman–Crippen LogP) is 2.14. The maximum absolute atomic E-state index is 11.6. The maximum Gasteiger partial charge on any atom is 0.237 e. The van der Waals surface area contributed by atoms with Crippen molar-refractivity contribution >= 4 is 35.0 Å². The Morgan fingerprint density at radius 1 is 1.53 bits per heavy atom. The van der Waals surface area contributed by atoms with Crippen molar-refractivity contribution in [3.8, 4) is 0 Å². The Morgan fingerprint density at radius 3 is 3.07 bits per heavy atom. The number of amides is 1. The van der Waals surface area contributed by atoms with Gasteiger partial charge in [-0.2, -0.15) is 0 Å². The van der Waals surface area contributed by atoms with E-state index >= 15 is 0 Å². The molecule has 1 atom stereocenters. The zero-order chi connectivity index (χ0) is 10.8. The van der Waals surface area contributed by atoms with Crippen molar-refractivity contribution < 1.29 is 9.90 Å². The number of carbonyl (C=O) groups is 1. The zero-order valence-corrected chi connectivity index (χ0v) is 9.44. The van der Waals surface area contributed by atoms with Crippen LogP contribution in [0.1, 0.15) is 6.42 Å². The lowest BCUT2D eigenvalue weighted by Crippen LogP contribution is -2.29. The van der Waals surface area contributed by atoms with Gasteiger partial charge in [-0.15, -0.1) is 11.8 Å². The maximum atomic E-state index is 11.6. The van der Waals surface area contributed by atoms with Crippen LogP contribution < -0.4 is 5.32 Å². The largest absolute Gasteiger partial charge is 0.396 e. The number of hydrogen-bond donors (Lipinski definition) is 2. The molecule has 2 N–H and O–H groups in total. The molecular weight excluding hydrogens is 234 g/mol. The third-order valence-electron chi connectivity index (χ3n) is 2.15.